The summed E-state index contributed by atoms with van der Waals surface area (Å²) in [5.41, 5.74) is 0. The molecule has 1 amide bonds. The van der Waals surface area contributed by atoms with Crippen molar-refractivity contribution in [3.63, 3.8) is 0 Å². The maximum atomic E-state index is 11.6. The lowest BCUT2D eigenvalue weighted by atomic mass is 10.1. The monoisotopic (exact) mass is 248 g/mol. The van der Waals surface area contributed by atoms with Gasteiger partial charge in [0.15, 0.2) is 9.84 Å². The summed E-state index contributed by atoms with van der Waals surface area (Å²) in [6, 6.07) is 0. The second-order valence-electron chi connectivity index (χ2n) is 4.51. The van der Waals surface area contributed by atoms with E-state index < -0.39 is 9.84 Å². The van der Waals surface area contributed by atoms with E-state index in [9.17, 15) is 13.2 Å². The van der Waals surface area contributed by atoms with Crippen molar-refractivity contribution in [1.82, 2.24) is 10.6 Å². The first-order valence-electron chi connectivity index (χ1n) is 5.57. The average molecular weight is 248 g/mol. The minimum absolute atomic E-state index is 0.0131. The van der Waals surface area contributed by atoms with Crippen molar-refractivity contribution in [2.45, 2.75) is 13.3 Å². The normalized spacial score (nSPS) is 25.2. The van der Waals surface area contributed by atoms with Crippen molar-refractivity contribution in [1.29, 1.82) is 0 Å². The molecule has 1 rings (SSSR count). The predicted molar refractivity (Wildman–Crippen MR) is 62.9 cm³/mol. The van der Waals surface area contributed by atoms with E-state index >= 15 is 0 Å². The van der Waals surface area contributed by atoms with Crippen LogP contribution >= 0.6 is 0 Å². The molecule has 0 bridgehead atoms. The molecule has 0 aromatic rings. The largest absolute Gasteiger partial charge is 0.356 e. The molecule has 1 fully saturated rings. The molecule has 2 unspecified atom stereocenters. The van der Waals surface area contributed by atoms with Crippen molar-refractivity contribution in [2.75, 3.05) is 31.6 Å². The van der Waals surface area contributed by atoms with E-state index in [2.05, 4.69) is 10.6 Å². The molecule has 6 heteroatoms. The third-order valence-corrected chi connectivity index (χ3v) is 4.55. The van der Waals surface area contributed by atoms with Crippen LogP contribution in [0.1, 0.15) is 13.3 Å². The number of carbonyl (C=O) groups is 1. The fourth-order valence-electron chi connectivity index (χ4n) is 1.84. The lowest BCUT2D eigenvalue weighted by Crippen LogP contribution is -2.36. The fraction of sp³-hybridized carbons (Fsp3) is 0.900. The lowest BCUT2D eigenvalue weighted by Gasteiger charge is -2.14. The number of rotatable bonds is 5. The van der Waals surface area contributed by atoms with Gasteiger partial charge in [-0.1, -0.05) is 6.92 Å². The molecule has 2 atom stereocenters. The SMILES string of the molecule is CNCC(C)CNC(=O)C1CCS(=O)(=O)C1. The Morgan fingerprint density at radius 3 is 2.62 bits per heavy atom. The van der Waals surface area contributed by atoms with Gasteiger partial charge in [0.25, 0.3) is 0 Å². The zero-order chi connectivity index (χ0) is 12.2. The van der Waals surface area contributed by atoms with Gasteiger partial charge in [-0.3, -0.25) is 4.79 Å². The van der Waals surface area contributed by atoms with Gasteiger partial charge in [-0.05, 0) is 25.9 Å². The summed E-state index contributed by atoms with van der Waals surface area (Å²) >= 11 is 0. The zero-order valence-electron chi connectivity index (χ0n) is 9.82. The summed E-state index contributed by atoms with van der Waals surface area (Å²) in [4.78, 5) is 11.6. The summed E-state index contributed by atoms with van der Waals surface area (Å²) in [5, 5.41) is 5.83. The molecule has 0 aromatic carbocycles. The molecule has 0 saturated carbocycles. The van der Waals surface area contributed by atoms with E-state index in [1.54, 1.807) is 0 Å². The molecule has 0 aliphatic carbocycles. The van der Waals surface area contributed by atoms with Crippen LogP contribution in [0.3, 0.4) is 0 Å². The third kappa shape index (κ3) is 4.09. The Kier molecular flexibility index (Phi) is 4.73. The Hall–Kier alpha value is -0.620. The van der Waals surface area contributed by atoms with E-state index in [1.807, 2.05) is 14.0 Å². The van der Waals surface area contributed by atoms with Crippen LogP contribution in [0.4, 0.5) is 0 Å². The Morgan fingerprint density at radius 1 is 1.44 bits per heavy atom. The molecule has 94 valence electrons. The first kappa shape index (κ1) is 13.4. The molecule has 1 aliphatic heterocycles. The van der Waals surface area contributed by atoms with E-state index in [-0.39, 0.29) is 23.3 Å². The number of amides is 1. The molecule has 1 heterocycles. The van der Waals surface area contributed by atoms with Crippen molar-refractivity contribution in [3.8, 4) is 0 Å². The molecule has 2 N–H and O–H groups in total. The summed E-state index contributed by atoms with van der Waals surface area (Å²) in [5.74, 6) is 0.0546. The van der Waals surface area contributed by atoms with Crippen LogP contribution in [0, 0.1) is 11.8 Å². The molecule has 1 saturated heterocycles. The molecule has 0 aromatic heterocycles. The van der Waals surface area contributed by atoms with Crippen molar-refractivity contribution < 1.29 is 13.2 Å². The summed E-state index contributed by atoms with van der Waals surface area (Å²) < 4.78 is 22.4. The standard InChI is InChI=1S/C10H20N2O3S/c1-8(5-11-2)6-12-10(13)9-3-4-16(14,15)7-9/h8-9,11H,3-7H2,1-2H3,(H,12,13). The van der Waals surface area contributed by atoms with Crippen molar-refractivity contribution in [3.05, 3.63) is 0 Å². The second kappa shape index (κ2) is 5.63. The van der Waals surface area contributed by atoms with Crippen LogP contribution < -0.4 is 10.6 Å². The van der Waals surface area contributed by atoms with Gasteiger partial charge in [-0.25, -0.2) is 8.42 Å². The predicted octanol–water partition coefficient (Wildman–Crippen LogP) is -0.607. The Bertz CT molecular complexity index is 340. The first-order chi connectivity index (χ1) is 7.44. The molecular weight excluding hydrogens is 228 g/mol. The number of sulfone groups is 1. The van der Waals surface area contributed by atoms with Crippen LogP contribution in [0.2, 0.25) is 0 Å². The van der Waals surface area contributed by atoms with Gasteiger partial charge < -0.3 is 10.6 Å². The average Bonchev–Trinajstić information content (AvgIpc) is 2.56. The Morgan fingerprint density at radius 2 is 2.12 bits per heavy atom. The van der Waals surface area contributed by atoms with E-state index in [0.717, 1.165) is 6.54 Å². The minimum Gasteiger partial charge on any atom is -0.356 e. The Balaban J connectivity index is 2.31. The second-order valence-corrected chi connectivity index (χ2v) is 6.74. The van der Waals surface area contributed by atoms with Gasteiger partial charge in [-0.15, -0.1) is 0 Å². The van der Waals surface area contributed by atoms with Crippen LogP contribution in [0.5, 0.6) is 0 Å². The zero-order valence-corrected chi connectivity index (χ0v) is 10.6. The van der Waals surface area contributed by atoms with Crippen LogP contribution in [-0.4, -0.2) is 46.0 Å². The summed E-state index contributed by atoms with van der Waals surface area (Å²) in [6.45, 7) is 3.46. The number of hydrogen-bond acceptors (Lipinski definition) is 4. The summed E-state index contributed by atoms with van der Waals surface area (Å²) in [7, 11) is -1.10. The molecule has 0 radical (unpaired) electrons. The quantitative estimate of drug-likeness (QED) is 0.681. The Labute approximate surface area is 96.9 Å². The van der Waals surface area contributed by atoms with Gasteiger partial charge in [0.2, 0.25) is 5.91 Å². The van der Waals surface area contributed by atoms with Gasteiger partial charge >= 0.3 is 0 Å². The van der Waals surface area contributed by atoms with Crippen LogP contribution in [0.25, 0.3) is 0 Å². The highest BCUT2D eigenvalue weighted by atomic mass is 32.2. The molecular formula is C10H20N2O3S. The highest BCUT2D eigenvalue weighted by molar-refractivity contribution is 7.91. The molecule has 0 spiro atoms. The maximum Gasteiger partial charge on any atom is 0.224 e. The highest BCUT2D eigenvalue weighted by Gasteiger charge is 2.32. The minimum atomic E-state index is -2.96. The van der Waals surface area contributed by atoms with E-state index in [4.69, 9.17) is 0 Å². The number of nitrogens with one attached hydrogen (secondary N) is 2. The third-order valence-electron chi connectivity index (χ3n) is 2.78. The maximum absolute atomic E-state index is 11.6. The van der Waals surface area contributed by atoms with Crippen LogP contribution in [0.15, 0.2) is 0 Å². The number of hydrogen-bond donors (Lipinski definition) is 2. The number of carbonyl (C=O) groups excluding carboxylic acids is 1. The molecule has 5 nitrogen and oxygen atoms in total. The van der Waals surface area contributed by atoms with E-state index in [1.165, 1.54) is 0 Å². The molecule has 16 heavy (non-hydrogen) atoms. The van der Waals surface area contributed by atoms with Crippen molar-refractivity contribution >= 4 is 15.7 Å². The fourth-order valence-corrected chi connectivity index (χ4v) is 3.58. The highest BCUT2D eigenvalue weighted by Crippen LogP contribution is 2.18. The van der Waals surface area contributed by atoms with Gasteiger partial charge in [0, 0.05) is 6.54 Å². The summed E-state index contributed by atoms with van der Waals surface area (Å²) in [6.07, 6.45) is 0.467. The van der Waals surface area contributed by atoms with E-state index in [0.29, 0.717) is 18.9 Å². The smallest absolute Gasteiger partial charge is 0.224 e. The topological polar surface area (TPSA) is 75.3 Å². The molecule has 1 aliphatic rings. The van der Waals surface area contributed by atoms with Gasteiger partial charge in [0.05, 0.1) is 17.4 Å². The van der Waals surface area contributed by atoms with Crippen molar-refractivity contribution in [2.24, 2.45) is 11.8 Å². The first-order valence-corrected chi connectivity index (χ1v) is 7.39. The van der Waals surface area contributed by atoms with Gasteiger partial charge in [-0.2, -0.15) is 0 Å². The lowest BCUT2D eigenvalue weighted by molar-refractivity contribution is -0.124. The van der Waals surface area contributed by atoms with Gasteiger partial charge in [0.1, 0.15) is 0 Å². The van der Waals surface area contributed by atoms with Crippen LogP contribution in [-0.2, 0) is 14.6 Å².